The summed E-state index contributed by atoms with van der Waals surface area (Å²) < 4.78 is 5.12. The van der Waals surface area contributed by atoms with Crippen LogP contribution in [0, 0.1) is 0 Å². The van der Waals surface area contributed by atoms with Crippen molar-refractivity contribution in [3.63, 3.8) is 0 Å². The summed E-state index contributed by atoms with van der Waals surface area (Å²) in [5.74, 6) is 1.41. The maximum absolute atomic E-state index is 5.12. The van der Waals surface area contributed by atoms with Crippen molar-refractivity contribution in [3.8, 4) is 5.75 Å². The molecule has 0 N–H and O–H groups in total. The van der Waals surface area contributed by atoms with Crippen LogP contribution in [0.15, 0.2) is 29.3 Å². The van der Waals surface area contributed by atoms with Gasteiger partial charge in [-0.3, -0.25) is 4.99 Å². The standard InChI is InChI=1S/C13H19NO/c1-10(9-11(2)14-3)12-5-7-13(15-4)8-6-12/h5-8,10-11H,3,9H2,1-2,4H3. The first kappa shape index (κ1) is 11.8. The van der Waals surface area contributed by atoms with Gasteiger partial charge in [0.05, 0.1) is 7.11 Å². The second-order valence-electron chi connectivity index (χ2n) is 3.94. The molecule has 1 rings (SSSR count). The van der Waals surface area contributed by atoms with Crippen LogP contribution in [0.5, 0.6) is 5.75 Å². The van der Waals surface area contributed by atoms with Gasteiger partial charge in [0.25, 0.3) is 0 Å². The molecule has 0 aliphatic heterocycles. The van der Waals surface area contributed by atoms with Gasteiger partial charge in [-0.25, -0.2) is 0 Å². The van der Waals surface area contributed by atoms with Crippen molar-refractivity contribution in [3.05, 3.63) is 29.8 Å². The highest BCUT2D eigenvalue weighted by Crippen LogP contribution is 2.23. The van der Waals surface area contributed by atoms with E-state index in [2.05, 4.69) is 37.7 Å². The van der Waals surface area contributed by atoms with Crippen molar-refractivity contribution in [2.45, 2.75) is 32.2 Å². The number of hydrogen-bond donors (Lipinski definition) is 0. The monoisotopic (exact) mass is 205 g/mol. The van der Waals surface area contributed by atoms with Gasteiger partial charge in [0.2, 0.25) is 0 Å². The van der Waals surface area contributed by atoms with Crippen LogP contribution in [0.1, 0.15) is 31.7 Å². The van der Waals surface area contributed by atoms with E-state index >= 15 is 0 Å². The zero-order valence-electron chi connectivity index (χ0n) is 9.73. The molecular formula is C13H19NO. The minimum Gasteiger partial charge on any atom is -0.497 e. The molecule has 2 unspecified atom stereocenters. The van der Waals surface area contributed by atoms with Crippen LogP contribution in [0.4, 0.5) is 0 Å². The van der Waals surface area contributed by atoms with Crippen LogP contribution in [0.2, 0.25) is 0 Å². The van der Waals surface area contributed by atoms with Gasteiger partial charge in [-0.05, 0) is 43.7 Å². The molecule has 0 saturated carbocycles. The number of rotatable bonds is 5. The Morgan fingerprint density at radius 1 is 1.27 bits per heavy atom. The first-order chi connectivity index (χ1) is 7.17. The van der Waals surface area contributed by atoms with Crippen molar-refractivity contribution < 1.29 is 4.74 Å². The van der Waals surface area contributed by atoms with Crippen molar-refractivity contribution in [1.82, 2.24) is 0 Å². The first-order valence-electron chi connectivity index (χ1n) is 5.27. The largest absolute Gasteiger partial charge is 0.497 e. The van der Waals surface area contributed by atoms with Gasteiger partial charge >= 0.3 is 0 Å². The Hall–Kier alpha value is -1.31. The summed E-state index contributed by atoms with van der Waals surface area (Å²) in [5, 5.41) is 0. The van der Waals surface area contributed by atoms with Crippen LogP contribution in [0.25, 0.3) is 0 Å². The molecule has 1 aromatic rings. The lowest BCUT2D eigenvalue weighted by Crippen LogP contribution is -2.04. The predicted molar refractivity (Wildman–Crippen MR) is 65.0 cm³/mol. The van der Waals surface area contributed by atoms with E-state index in [1.54, 1.807) is 7.11 Å². The molecule has 0 aliphatic carbocycles. The Morgan fingerprint density at radius 3 is 2.33 bits per heavy atom. The zero-order chi connectivity index (χ0) is 11.3. The van der Waals surface area contributed by atoms with E-state index in [-0.39, 0.29) is 0 Å². The van der Waals surface area contributed by atoms with Gasteiger partial charge < -0.3 is 4.74 Å². The smallest absolute Gasteiger partial charge is 0.118 e. The lowest BCUT2D eigenvalue weighted by Gasteiger charge is -2.14. The summed E-state index contributed by atoms with van der Waals surface area (Å²) in [4.78, 5) is 4.01. The van der Waals surface area contributed by atoms with E-state index < -0.39 is 0 Å². The van der Waals surface area contributed by atoms with Gasteiger partial charge in [0.15, 0.2) is 0 Å². The fraction of sp³-hybridized carbons (Fsp3) is 0.462. The van der Waals surface area contributed by atoms with E-state index in [1.165, 1.54) is 5.56 Å². The molecule has 0 radical (unpaired) electrons. The van der Waals surface area contributed by atoms with Crippen molar-refractivity contribution in [1.29, 1.82) is 0 Å². The average molecular weight is 205 g/mol. The molecule has 2 atom stereocenters. The van der Waals surface area contributed by atoms with Crippen molar-refractivity contribution in [2.24, 2.45) is 4.99 Å². The Labute approximate surface area is 92.0 Å². The highest BCUT2D eigenvalue weighted by atomic mass is 16.5. The maximum atomic E-state index is 5.12. The van der Waals surface area contributed by atoms with Crippen molar-refractivity contribution >= 4 is 6.72 Å². The third kappa shape index (κ3) is 3.39. The van der Waals surface area contributed by atoms with Crippen molar-refractivity contribution in [2.75, 3.05) is 7.11 Å². The van der Waals surface area contributed by atoms with E-state index in [9.17, 15) is 0 Å². The second-order valence-corrected chi connectivity index (χ2v) is 3.94. The van der Waals surface area contributed by atoms with E-state index in [4.69, 9.17) is 4.74 Å². The topological polar surface area (TPSA) is 21.6 Å². The molecule has 0 spiro atoms. The number of nitrogens with zero attached hydrogens (tertiary/aromatic N) is 1. The van der Waals surface area contributed by atoms with Gasteiger partial charge in [-0.1, -0.05) is 19.1 Å². The molecule has 1 aromatic carbocycles. The molecule has 2 nitrogen and oxygen atoms in total. The van der Waals surface area contributed by atoms with Crippen LogP contribution >= 0.6 is 0 Å². The maximum Gasteiger partial charge on any atom is 0.118 e. The third-order valence-electron chi connectivity index (χ3n) is 2.69. The Balaban J connectivity index is 2.65. The highest BCUT2D eigenvalue weighted by molar-refractivity contribution is 5.29. The molecular weight excluding hydrogens is 186 g/mol. The molecule has 0 aromatic heterocycles. The van der Waals surface area contributed by atoms with Gasteiger partial charge in [-0.2, -0.15) is 0 Å². The normalized spacial score (nSPS) is 14.3. The summed E-state index contributed by atoms with van der Waals surface area (Å²) in [7, 11) is 1.68. The fourth-order valence-corrected chi connectivity index (χ4v) is 1.65. The number of methoxy groups -OCH3 is 1. The fourth-order valence-electron chi connectivity index (χ4n) is 1.65. The van der Waals surface area contributed by atoms with Crippen LogP contribution < -0.4 is 4.74 Å². The highest BCUT2D eigenvalue weighted by Gasteiger charge is 2.09. The molecule has 0 amide bonds. The molecule has 82 valence electrons. The minimum absolute atomic E-state index is 0.321. The number of aliphatic imine (C=N–C) groups is 1. The van der Waals surface area contributed by atoms with Gasteiger partial charge in [0.1, 0.15) is 5.75 Å². The lowest BCUT2D eigenvalue weighted by molar-refractivity contribution is 0.414. The van der Waals surface area contributed by atoms with Crippen LogP contribution in [-0.2, 0) is 0 Å². The Morgan fingerprint density at radius 2 is 1.87 bits per heavy atom. The predicted octanol–water partition coefficient (Wildman–Crippen LogP) is 3.28. The first-order valence-corrected chi connectivity index (χ1v) is 5.27. The molecule has 15 heavy (non-hydrogen) atoms. The Kier molecular flexibility index (Phi) is 4.35. The number of hydrogen-bond acceptors (Lipinski definition) is 2. The summed E-state index contributed by atoms with van der Waals surface area (Å²) in [6.07, 6.45) is 1.04. The molecule has 0 aliphatic rings. The van der Waals surface area contributed by atoms with E-state index in [1.807, 2.05) is 12.1 Å². The molecule has 2 heteroatoms. The molecule has 0 bridgehead atoms. The third-order valence-corrected chi connectivity index (χ3v) is 2.69. The molecule has 0 fully saturated rings. The SMILES string of the molecule is C=NC(C)CC(C)c1ccc(OC)cc1. The van der Waals surface area contributed by atoms with Crippen LogP contribution in [-0.4, -0.2) is 19.9 Å². The summed E-state index contributed by atoms with van der Waals surface area (Å²) in [5.41, 5.74) is 1.33. The minimum atomic E-state index is 0.321. The van der Waals surface area contributed by atoms with Gasteiger partial charge in [0, 0.05) is 6.04 Å². The molecule has 0 saturated heterocycles. The van der Waals surface area contributed by atoms with Crippen LogP contribution in [0.3, 0.4) is 0 Å². The second kappa shape index (κ2) is 5.54. The Bertz CT molecular complexity index is 305. The number of ether oxygens (including phenoxy) is 1. The average Bonchev–Trinajstić information content (AvgIpc) is 2.29. The van der Waals surface area contributed by atoms with Gasteiger partial charge in [-0.15, -0.1) is 0 Å². The summed E-state index contributed by atoms with van der Waals surface area (Å²) in [6, 6.07) is 8.54. The number of benzene rings is 1. The zero-order valence-corrected chi connectivity index (χ0v) is 9.73. The molecule has 0 heterocycles. The summed E-state index contributed by atoms with van der Waals surface area (Å²) >= 11 is 0. The lowest BCUT2D eigenvalue weighted by atomic mass is 9.95. The summed E-state index contributed by atoms with van der Waals surface area (Å²) in [6.45, 7) is 7.87. The van der Waals surface area contributed by atoms with E-state index in [0.29, 0.717) is 12.0 Å². The van der Waals surface area contributed by atoms with E-state index in [0.717, 1.165) is 12.2 Å². The quantitative estimate of drug-likeness (QED) is 0.676.